The van der Waals surface area contributed by atoms with Crippen LogP contribution in [0.1, 0.15) is 25.8 Å². The average Bonchev–Trinajstić information content (AvgIpc) is 2.35. The number of allylic oxidation sites excluding steroid dienone is 2. The van der Waals surface area contributed by atoms with Crippen LogP contribution in [0.15, 0.2) is 48.2 Å². The van der Waals surface area contributed by atoms with Gasteiger partial charge in [-0.3, -0.25) is 4.79 Å². The molecule has 1 aliphatic heterocycles. The number of carbonyl (C=O) groups excluding carboxylic acids is 2. The van der Waals surface area contributed by atoms with Crippen molar-refractivity contribution in [3.05, 3.63) is 53.8 Å². The third-order valence-corrected chi connectivity index (χ3v) is 2.61. The molecule has 104 valence electrons. The first kappa shape index (κ1) is 14.1. The Balaban J connectivity index is 1.98. The molecule has 1 aromatic rings. The van der Waals surface area contributed by atoms with Crippen molar-refractivity contribution in [2.45, 2.75) is 26.1 Å². The summed E-state index contributed by atoms with van der Waals surface area (Å²) in [7, 11) is 0. The molecule has 0 atom stereocenters. The molecule has 0 saturated heterocycles. The van der Waals surface area contributed by atoms with Crippen LogP contribution in [0.5, 0.6) is 0 Å². The number of carbonyl (C=O) groups is 2. The van der Waals surface area contributed by atoms with E-state index in [2.05, 4.69) is 0 Å². The molecule has 4 heteroatoms. The molecule has 0 radical (unpaired) electrons. The van der Waals surface area contributed by atoms with Crippen molar-refractivity contribution in [2.24, 2.45) is 0 Å². The van der Waals surface area contributed by atoms with Crippen molar-refractivity contribution in [1.82, 2.24) is 0 Å². The van der Waals surface area contributed by atoms with E-state index in [0.29, 0.717) is 5.76 Å². The molecule has 0 spiro atoms. The average molecular weight is 272 g/mol. The second-order valence-corrected chi connectivity index (χ2v) is 4.92. The summed E-state index contributed by atoms with van der Waals surface area (Å²) in [5, 5.41) is 0. The molecule has 20 heavy (non-hydrogen) atoms. The van der Waals surface area contributed by atoms with Crippen LogP contribution in [-0.4, -0.2) is 17.5 Å². The van der Waals surface area contributed by atoms with Gasteiger partial charge in [-0.25, -0.2) is 4.79 Å². The number of cyclic esters (lactones) is 1. The number of hydrogen-bond acceptors (Lipinski definition) is 4. The van der Waals surface area contributed by atoms with Gasteiger partial charge in [-0.1, -0.05) is 36.4 Å². The van der Waals surface area contributed by atoms with Crippen molar-refractivity contribution in [1.29, 1.82) is 0 Å². The van der Waals surface area contributed by atoms with Crippen LogP contribution in [0.3, 0.4) is 0 Å². The van der Waals surface area contributed by atoms with Gasteiger partial charge in [0, 0.05) is 13.8 Å². The van der Waals surface area contributed by atoms with E-state index in [1.54, 1.807) is 19.9 Å². The van der Waals surface area contributed by atoms with Crippen LogP contribution in [0, 0.1) is 0 Å². The summed E-state index contributed by atoms with van der Waals surface area (Å²) < 4.78 is 10.4. The van der Waals surface area contributed by atoms with E-state index in [-0.39, 0.29) is 12.2 Å². The third kappa shape index (κ3) is 4.09. The maximum absolute atomic E-state index is 11.8. The molecule has 0 fully saturated rings. The lowest BCUT2D eigenvalue weighted by atomic mass is 10.1. The number of hydrogen-bond donors (Lipinski definition) is 0. The number of ketones is 1. The highest BCUT2D eigenvalue weighted by Gasteiger charge is 2.30. The Bertz CT molecular complexity index is 567. The van der Waals surface area contributed by atoms with E-state index in [9.17, 15) is 9.59 Å². The molecule has 1 heterocycles. The summed E-state index contributed by atoms with van der Waals surface area (Å²) in [6, 6.07) is 9.51. The number of rotatable bonds is 4. The Morgan fingerprint density at radius 3 is 2.55 bits per heavy atom. The van der Waals surface area contributed by atoms with Crippen molar-refractivity contribution in [3.63, 3.8) is 0 Å². The number of benzene rings is 1. The molecule has 0 N–H and O–H groups in total. The monoisotopic (exact) mass is 272 g/mol. The third-order valence-electron chi connectivity index (χ3n) is 2.61. The fourth-order valence-electron chi connectivity index (χ4n) is 1.84. The minimum absolute atomic E-state index is 0.0435. The van der Waals surface area contributed by atoms with Crippen LogP contribution in [0.25, 0.3) is 6.08 Å². The van der Waals surface area contributed by atoms with E-state index in [0.717, 1.165) is 5.56 Å². The van der Waals surface area contributed by atoms with E-state index >= 15 is 0 Å². The van der Waals surface area contributed by atoms with E-state index < -0.39 is 11.8 Å². The Labute approximate surface area is 117 Å². The molecular formula is C16H16O4. The summed E-state index contributed by atoms with van der Waals surface area (Å²) in [5.41, 5.74) is 0.944. The fourth-order valence-corrected chi connectivity index (χ4v) is 1.84. The van der Waals surface area contributed by atoms with Crippen LogP contribution >= 0.6 is 0 Å². The molecule has 1 aliphatic rings. The van der Waals surface area contributed by atoms with Gasteiger partial charge in [0.2, 0.25) is 5.79 Å². The first-order valence-electron chi connectivity index (χ1n) is 6.33. The van der Waals surface area contributed by atoms with Gasteiger partial charge in [-0.05, 0) is 11.6 Å². The minimum atomic E-state index is -1.02. The Morgan fingerprint density at radius 1 is 1.20 bits per heavy atom. The summed E-state index contributed by atoms with van der Waals surface area (Å²) in [6.07, 6.45) is 4.46. The SMILES string of the molecule is CC1(C)OC(=O)C=C(CC(=O)/C=C/c2ccccc2)O1. The molecule has 1 aromatic carbocycles. The second-order valence-electron chi connectivity index (χ2n) is 4.92. The van der Waals surface area contributed by atoms with Gasteiger partial charge >= 0.3 is 5.97 Å². The highest BCUT2D eigenvalue weighted by atomic mass is 16.7. The lowest BCUT2D eigenvalue weighted by molar-refractivity contribution is -0.205. The highest BCUT2D eigenvalue weighted by Crippen LogP contribution is 2.24. The summed E-state index contributed by atoms with van der Waals surface area (Å²) in [6.45, 7) is 3.25. The minimum Gasteiger partial charge on any atom is -0.456 e. The Morgan fingerprint density at radius 2 is 1.90 bits per heavy atom. The smallest absolute Gasteiger partial charge is 0.337 e. The summed E-state index contributed by atoms with van der Waals surface area (Å²) in [4.78, 5) is 23.2. The van der Waals surface area contributed by atoms with Crippen molar-refractivity contribution < 1.29 is 19.1 Å². The highest BCUT2D eigenvalue weighted by molar-refractivity contribution is 5.96. The van der Waals surface area contributed by atoms with Gasteiger partial charge in [0.15, 0.2) is 5.78 Å². The zero-order valence-corrected chi connectivity index (χ0v) is 11.5. The van der Waals surface area contributed by atoms with Crippen LogP contribution in [0.2, 0.25) is 0 Å². The predicted molar refractivity (Wildman–Crippen MR) is 74.4 cm³/mol. The van der Waals surface area contributed by atoms with Gasteiger partial charge in [0.05, 0.1) is 12.5 Å². The molecule has 0 saturated carbocycles. The molecular weight excluding hydrogens is 256 g/mol. The van der Waals surface area contributed by atoms with Gasteiger partial charge in [-0.2, -0.15) is 0 Å². The standard InChI is InChI=1S/C16H16O4/c1-16(2)19-14(11-15(18)20-16)10-13(17)9-8-12-6-4-3-5-7-12/h3-9,11H,10H2,1-2H3/b9-8+. The maximum atomic E-state index is 11.8. The first-order chi connectivity index (χ1) is 9.44. The van der Waals surface area contributed by atoms with Gasteiger partial charge < -0.3 is 9.47 Å². The zero-order chi connectivity index (χ0) is 14.6. The van der Waals surface area contributed by atoms with Crippen LogP contribution in [0.4, 0.5) is 0 Å². The molecule has 2 rings (SSSR count). The van der Waals surface area contributed by atoms with Gasteiger partial charge in [0.1, 0.15) is 5.76 Å². The van der Waals surface area contributed by atoms with E-state index in [4.69, 9.17) is 9.47 Å². The van der Waals surface area contributed by atoms with Crippen molar-refractivity contribution in [3.8, 4) is 0 Å². The Hall–Kier alpha value is -2.36. The summed E-state index contributed by atoms with van der Waals surface area (Å²) >= 11 is 0. The fraction of sp³-hybridized carbons (Fsp3) is 0.250. The molecule has 0 unspecified atom stereocenters. The summed E-state index contributed by atoms with van der Waals surface area (Å²) in [5.74, 6) is -1.32. The Kier molecular flexibility index (Phi) is 4.03. The zero-order valence-electron chi connectivity index (χ0n) is 11.5. The molecule has 0 aromatic heterocycles. The van der Waals surface area contributed by atoms with Crippen molar-refractivity contribution >= 4 is 17.8 Å². The first-order valence-corrected chi connectivity index (χ1v) is 6.33. The van der Waals surface area contributed by atoms with Crippen molar-refractivity contribution in [2.75, 3.05) is 0 Å². The van der Waals surface area contributed by atoms with E-state index in [1.165, 1.54) is 12.2 Å². The molecule has 4 nitrogen and oxygen atoms in total. The largest absolute Gasteiger partial charge is 0.456 e. The van der Waals surface area contributed by atoms with Gasteiger partial charge in [-0.15, -0.1) is 0 Å². The predicted octanol–water partition coefficient (Wildman–Crippen LogP) is 2.85. The number of ether oxygens (including phenoxy) is 2. The number of esters is 1. The van der Waals surface area contributed by atoms with Crippen LogP contribution < -0.4 is 0 Å². The molecule has 0 aliphatic carbocycles. The maximum Gasteiger partial charge on any atom is 0.337 e. The molecule has 0 bridgehead atoms. The quantitative estimate of drug-likeness (QED) is 0.624. The topological polar surface area (TPSA) is 52.6 Å². The second kappa shape index (κ2) is 5.74. The van der Waals surface area contributed by atoms with Gasteiger partial charge in [0.25, 0.3) is 0 Å². The lowest BCUT2D eigenvalue weighted by Gasteiger charge is -2.30. The van der Waals surface area contributed by atoms with Crippen LogP contribution in [-0.2, 0) is 19.1 Å². The normalized spacial score (nSPS) is 17.3. The lowest BCUT2D eigenvalue weighted by Crippen LogP contribution is -2.34. The molecule has 0 amide bonds. The van der Waals surface area contributed by atoms with E-state index in [1.807, 2.05) is 30.3 Å².